The van der Waals surface area contributed by atoms with Crippen molar-refractivity contribution in [2.24, 2.45) is 0 Å². The van der Waals surface area contributed by atoms with Crippen LogP contribution >= 0.6 is 0 Å². The van der Waals surface area contributed by atoms with Gasteiger partial charge in [-0.2, -0.15) is 0 Å². The molecule has 0 aliphatic rings. The second kappa shape index (κ2) is 6.62. The summed E-state index contributed by atoms with van der Waals surface area (Å²) in [5, 5.41) is 3.31. The second-order valence-corrected chi connectivity index (χ2v) is 5.93. The van der Waals surface area contributed by atoms with Gasteiger partial charge in [0.05, 0.1) is 12.5 Å². The number of rotatable bonds is 6. The first-order valence-electron chi connectivity index (χ1n) is 7.01. The lowest BCUT2D eigenvalue weighted by molar-refractivity contribution is 0.313. The van der Waals surface area contributed by atoms with Crippen molar-refractivity contribution in [3.8, 4) is 5.75 Å². The Morgan fingerprint density at radius 3 is 2.45 bits per heavy atom. The molecule has 0 aliphatic carbocycles. The highest BCUT2D eigenvalue weighted by atomic mass is 16.5. The topological polar surface area (TPSA) is 34.4 Å². The van der Waals surface area contributed by atoms with Crippen LogP contribution in [0, 0.1) is 0 Å². The first kappa shape index (κ1) is 14.7. The molecule has 0 aliphatic heterocycles. The molecule has 1 aromatic carbocycles. The van der Waals surface area contributed by atoms with E-state index in [9.17, 15) is 0 Å². The zero-order valence-corrected chi connectivity index (χ0v) is 12.5. The van der Waals surface area contributed by atoms with Gasteiger partial charge in [-0.1, -0.05) is 32.9 Å². The van der Waals surface area contributed by atoms with Crippen LogP contribution in [0.5, 0.6) is 5.75 Å². The summed E-state index contributed by atoms with van der Waals surface area (Å²) < 4.78 is 10.7. The second-order valence-electron chi connectivity index (χ2n) is 5.93. The Kier molecular flexibility index (Phi) is 4.85. The van der Waals surface area contributed by atoms with E-state index in [2.05, 4.69) is 38.2 Å². The summed E-state index contributed by atoms with van der Waals surface area (Å²) >= 11 is 0. The highest BCUT2D eigenvalue weighted by Gasteiger charge is 2.12. The van der Waals surface area contributed by atoms with Gasteiger partial charge in [-0.25, -0.2) is 0 Å². The molecule has 3 heteroatoms. The van der Waals surface area contributed by atoms with Crippen LogP contribution in [0.2, 0.25) is 0 Å². The van der Waals surface area contributed by atoms with Crippen LogP contribution in [-0.4, -0.2) is 13.2 Å². The number of ether oxygens (including phenoxy) is 1. The van der Waals surface area contributed by atoms with Crippen LogP contribution in [0.4, 0.5) is 0 Å². The van der Waals surface area contributed by atoms with E-state index in [-0.39, 0.29) is 5.41 Å². The lowest BCUT2D eigenvalue weighted by Crippen LogP contribution is -2.20. The van der Waals surface area contributed by atoms with Crippen LogP contribution in [0.15, 0.2) is 47.3 Å². The van der Waals surface area contributed by atoms with E-state index < -0.39 is 0 Å². The fraction of sp³-hybridized carbons (Fsp3) is 0.412. The van der Waals surface area contributed by atoms with Crippen molar-refractivity contribution < 1.29 is 9.15 Å². The molecule has 0 atom stereocenters. The predicted molar refractivity (Wildman–Crippen MR) is 81.1 cm³/mol. The van der Waals surface area contributed by atoms with Crippen molar-refractivity contribution in [3.05, 3.63) is 54.0 Å². The molecule has 0 bridgehead atoms. The van der Waals surface area contributed by atoms with Crippen LogP contribution in [-0.2, 0) is 12.0 Å². The van der Waals surface area contributed by atoms with Crippen LogP contribution in [0.3, 0.4) is 0 Å². The molecule has 0 spiro atoms. The van der Waals surface area contributed by atoms with Gasteiger partial charge in [0.15, 0.2) is 0 Å². The lowest BCUT2D eigenvalue weighted by atomic mass is 9.87. The SMILES string of the molecule is CC(C)(C)c1ccc(OCCNCc2ccoc2)cc1. The van der Waals surface area contributed by atoms with Gasteiger partial charge in [-0.15, -0.1) is 0 Å². The smallest absolute Gasteiger partial charge is 0.119 e. The minimum atomic E-state index is 0.185. The van der Waals surface area contributed by atoms with E-state index in [0.29, 0.717) is 6.61 Å². The van der Waals surface area contributed by atoms with Crippen molar-refractivity contribution in [1.29, 1.82) is 0 Å². The Morgan fingerprint density at radius 1 is 1.10 bits per heavy atom. The normalized spacial score (nSPS) is 11.6. The third kappa shape index (κ3) is 4.42. The minimum absolute atomic E-state index is 0.185. The predicted octanol–water partition coefficient (Wildman–Crippen LogP) is 3.75. The maximum Gasteiger partial charge on any atom is 0.119 e. The Bertz CT molecular complexity index is 495. The highest BCUT2D eigenvalue weighted by molar-refractivity contribution is 5.31. The quantitative estimate of drug-likeness (QED) is 0.814. The zero-order valence-electron chi connectivity index (χ0n) is 12.5. The van der Waals surface area contributed by atoms with Crippen LogP contribution in [0.1, 0.15) is 31.9 Å². The van der Waals surface area contributed by atoms with E-state index >= 15 is 0 Å². The van der Waals surface area contributed by atoms with Gasteiger partial charge < -0.3 is 14.5 Å². The van der Waals surface area contributed by atoms with Gasteiger partial charge in [0.2, 0.25) is 0 Å². The maximum absolute atomic E-state index is 5.71. The van der Waals surface area contributed by atoms with Crippen molar-refractivity contribution >= 4 is 0 Å². The minimum Gasteiger partial charge on any atom is -0.492 e. The first-order valence-corrected chi connectivity index (χ1v) is 7.01. The Hall–Kier alpha value is -1.74. The summed E-state index contributed by atoms with van der Waals surface area (Å²) in [4.78, 5) is 0. The molecule has 20 heavy (non-hydrogen) atoms. The number of furan rings is 1. The number of hydrogen-bond acceptors (Lipinski definition) is 3. The Morgan fingerprint density at radius 2 is 1.85 bits per heavy atom. The number of nitrogens with one attached hydrogen (secondary N) is 1. The van der Waals surface area contributed by atoms with Gasteiger partial charge in [0, 0.05) is 18.7 Å². The van der Waals surface area contributed by atoms with E-state index in [4.69, 9.17) is 9.15 Å². The maximum atomic E-state index is 5.71. The third-order valence-electron chi connectivity index (χ3n) is 3.18. The molecule has 108 valence electrons. The first-order chi connectivity index (χ1) is 9.55. The summed E-state index contributed by atoms with van der Waals surface area (Å²) in [5.74, 6) is 0.920. The molecule has 3 nitrogen and oxygen atoms in total. The monoisotopic (exact) mass is 273 g/mol. The molecule has 0 saturated carbocycles. The highest BCUT2D eigenvalue weighted by Crippen LogP contribution is 2.24. The molecule has 1 aromatic heterocycles. The van der Waals surface area contributed by atoms with Gasteiger partial charge in [-0.3, -0.25) is 0 Å². The average Bonchev–Trinajstić information content (AvgIpc) is 2.91. The van der Waals surface area contributed by atoms with E-state index in [1.54, 1.807) is 12.5 Å². The number of hydrogen-bond donors (Lipinski definition) is 1. The van der Waals surface area contributed by atoms with Gasteiger partial charge in [0.25, 0.3) is 0 Å². The van der Waals surface area contributed by atoms with E-state index in [0.717, 1.165) is 24.4 Å². The van der Waals surface area contributed by atoms with Crippen molar-refractivity contribution in [2.75, 3.05) is 13.2 Å². The molecule has 2 rings (SSSR count). The van der Waals surface area contributed by atoms with Crippen molar-refractivity contribution in [1.82, 2.24) is 5.32 Å². The van der Waals surface area contributed by atoms with Crippen molar-refractivity contribution in [2.45, 2.75) is 32.7 Å². The van der Waals surface area contributed by atoms with E-state index in [1.165, 1.54) is 5.56 Å². The van der Waals surface area contributed by atoms with Gasteiger partial charge in [0.1, 0.15) is 12.4 Å². The summed E-state index contributed by atoms with van der Waals surface area (Å²) in [6.07, 6.45) is 3.43. The zero-order chi connectivity index (χ0) is 14.4. The Labute approximate surface area is 121 Å². The Balaban J connectivity index is 1.69. The largest absolute Gasteiger partial charge is 0.492 e. The number of benzene rings is 1. The molecule has 2 aromatic rings. The molecule has 0 radical (unpaired) electrons. The van der Waals surface area contributed by atoms with Gasteiger partial charge in [-0.05, 0) is 29.2 Å². The van der Waals surface area contributed by atoms with Crippen molar-refractivity contribution in [3.63, 3.8) is 0 Å². The van der Waals surface area contributed by atoms with Gasteiger partial charge >= 0.3 is 0 Å². The molecule has 0 fully saturated rings. The fourth-order valence-electron chi connectivity index (χ4n) is 1.92. The standard InChI is InChI=1S/C17H23NO2/c1-17(2,3)15-4-6-16(7-5-15)20-11-9-18-12-14-8-10-19-13-14/h4-8,10,13,18H,9,11-12H2,1-3H3. The average molecular weight is 273 g/mol. The van der Waals surface area contributed by atoms with Crippen LogP contribution in [0.25, 0.3) is 0 Å². The summed E-state index contributed by atoms with van der Waals surface area (Å²) in [6.45, 7) is 8.91. The summed E-state index contributed by atoms with van der Waals surface area (Å²) in [5.41, 5.74) is 2.66. The van der Waals surface area contributed by atoms with E-state index in [1.807, 2.05) is 18.2 Å². The molecule has 1 heterocycles. The lowest BCUT2D eigenvalue weighted by Gasteiger charge is -2.19. The van der Waals surface area contributed by atoms with Crippen LogP contribution < -0.4 is 10.1 Å². The summed E-state index contributed by atoms with van der Waals surface area (Å²) in [7, 11) is 0. The fourth-order valence-corrected chi connectivity index (χ4v) is 1.92. The molecule has 0 unspecified atom stereocenters. The molecule has 0 saturated heterocycles. The summed E-state index contributed by atoms with van der Waals surface area (Å²) in [6, 6.07) is 10.3. The molecular weight excluding hydrogens is 250 g/mol. The third-order valence-corrected chi connectivity index (χ3v) is 3.18. The molecule has 0 amide bonds. The molecular formula is C17H23NO2. The molecule has 1 N–H and O–H groups in total.